The first-order valence-corrected chi connectivity index (χ1v) is 13.6. The summed E-state index contributed by atoms with van der Waals surface area (Å²) in [7, 11) is 0. The summed E-state index contributed by atoms with van der Waals surface area (Å²) in [6.45, 7) is 10.9. The number of hydrogen-bond acceptors (Lipinski definition) is 4. The van der Waals surface area contributed by atoms with E-state index in [1.54, 1.807) is 12.1 Å². The summed E-state index contributed by atoms with van der Waals surface area (Å²) in [6, 6.07) is 22.2. The number of aromatic nitrogens is 2. The van der Waals surface area contributed by atoms with Crippen molar-refractivity contribution in [1.29, 1.82) is 0 Å². The van der Waals surface area contributed by atoms with Gasteiger partial charge in [-0.2, -0.15) is 0 Å². The van der Waals surface area contributed by atoms with E-state index in [1.807, 2.05) is 48.8 Å². The molecule has 1 aromatic heterocycles. The zero-order valence-corrected chi connectivity index (χ0v) is 23.8. The van der Waals surface area contributed by atoms with Crippen molar-refractivity contribution in [1.82, 2.24) is 15.3 Å². The highest BCUT2D eigenvalue weighted by Crippen LogP contribution is 2.26. The van der Waals surface area contributed by atoms with E-state index in [4.69, 9.17) is 0 Å². The largest absolute Gasteiger partial charge is 0.480 e. The molecule has 6 nitrogen and oxygen atoms in total. The summed E-state index contributed by atoms with van der Waals surface area (Å²) in [5.74, 6) is -0.375. The third-order valence-electron chi connectivity index (χ3n) is 6.85. The van der Waals surface area contributed by atoms with Crippen LogP contribution >= 0.6 is 0 Å². The maximum atomic E-state index is 12.7. The fourth-order valence-corrected chi connectivity index (χ4v) is 4.52. The minimum absolute atomic E-state index is 0.0977. The lowest BCUT2D eigenvalue weighted by atomic mass is 9.86. The van der Waals surface area contributed by atoms with Crippen molar-refractivity contribution < 1.29 is 14.7 Å². The van der Waals surface area contributed by atoms with Gasteiger partial charge in [0.2, 0.25) is 0 Å². The predicted molar refractivity (Wildman–Crippen MR) is 159 cm³/mol. The molecule has 0 aliphatic carbocycles. The molecule has 6 heteroatoms. The van der Waals surface area contributed by atoms with Gasteiger partial charge in [-0.1, -0.05) is 95.3 Å². The van der Waals surface area contributed by atoms with Crippen molar-refractivity contribution in [2.24, 2.45) is 5.92 Å². The lowest BCUT2D eigenvalue weighted by Crippen LogP contribution is -2.42. The number of carboxylic acid groups (broad SMARTS) is 1. The van der Waals surface area contributed by atoms with E-state index in [-0.39, 0.29) is 11.8 Å². The van der Waals surface area contributed by atoms with E-state index in [0.717, 1.165) is 34.2 Å². The van der Waals surface area contributed by atoms with Crippen molar-refractivity contribution in [3.05, 3.63) is 107 Å². The molecule has 2 N–H and O–H groups in total. The third-order valence-corrected chi connectivity index (χ3v) is 6.85. The lowest BCUT2D eigenvalue weighted by Gasteiger charge is -2.19. The summed E-state index contributed by atoms with van der Waals surface area (Å²) < 4.78 is 0. The van der Waals surface area contributed by atoms with Crippen LogP contribution < -0.4 is 5.32 Å². The lowest BCUT2D eigenvalue weighted by molar-refractivity contribution is -0.139. The van der Waals surface area contributed by atoms with E-state index in [1.165, 1.54) is 5.56 Å². The van der Waals surface area contributed by atoms with Crippen molar-refractivity contribution in [2.45, 2.75) is 58.9 Å². The standard InChI is InChI=1S/C34H37N3O3/c1-22(2)18-23-8-12-27(13-9-23)32(38)37-30(33(39)40)19-24-6-10-26(11-7-24)31-35-20-28(21-36-31)25-14-16-29(17-15-25)34(3,4)5/h6-17,20-22,30H,18-19H2,1-5H3,(H,37,38)(H,39,40). The number of hydrogen-bond donors (Lipinski definition) is 2. The molecule has 0 spiro atoms. The molecule has 0 saturated carbocycles. The first-order chi connectivity index (χ1) is 19.0. The Kier molecular flexibility index (Phi) is 8.78. The van der Waals surface area contributed by atoms with Crippen LogP contribution in [0, 0.1) is 5.92 Å². The highest BCUT2D eigenvalue weighted by atomic mass is 16.4. The number of nitrogens with zero attached hydrogens (tertiary/aromatic N) is 2. The number of carbonyl (C=O) groups excluding carboxylic acids is 1. The Bertz CT molecular complexity index is 1440. The molecule has 0 radical (unpaired) electrons. The molecule has 206 valence electrons. The first kappa shape index (κ1) is 28.7. The Hall–Kier alpha value is -4.32. The molecule has 40 heavy (non-hydrogen) atoms. The number of carbonyl (C=O) groups is 2. The minimum Gasteiger partial charge on any atom is -0.480 e. The molecule has 4 aromatic rings. The molecule has 1 amide bonds. The SMILES string of the molecule is CC(C)Cc1ccc(C(=O)NC(Cc2ccc(-c3ncc(-c4ccc(C(C)(C)C)cc4)cn3)cc2)C(=O)O)cc1. The van der Waals surface area contributed by atoms with Gasteiger partial charge in [-0.05, 0) is 52.1 Å². The van der Waals surface area contributed by atoms with Gasteiger partial charge in [0.15, 0.2) is 5.82 Å². The summed E-state index contributed by atoms with van der Waals surface area (Å²) in [5, 5.41) is 12.4. The normalized spacial score (nSPS) is 12.2. The zero-order valence-electron chi connectivity index (χ0n) is 23.8. The van der Waals surface area contributed by atoms with E-state index in [0.29, 0.717) is 17.3 Å². The summed E-state index contributed by atoms with van der Waals surface area (Å²) in [6.07, 6.45) is 4.72. The number of nitrogens with one attached hydrogen (secondary N) is 1. The molecule has 0 saturated heterocycles. The van der Waals surface area contributed by atoms with Crippen LogP contribution in [0.1, 0.15) is 61.7 Å². The van der Waals surface area contributed by atoms with Crippen LogP contribution in [0.5, 0.6) is 0 Å². The monoisotopic (exact) mass is 535 g/mol. The molecule has 0 aliphatic rings. The van der Waals surface area contributed by atoms with Crippen LogP contribution in [-0.2, 0) is 23.1 Å². The van der Waals surface area contributed by atoms with Crippen LogP contribution in [-0.4, -0.2) is 33.0 Å². The van der Waals surface area contributed by atoms with Crippen molar-refractivity contribution in [2.75, 3.05) is 0 Å². The van der Waals surface area contributed by atoms with Crippen LogP contribution in [0.15, 0.2) is 85.2 Å². The Labute approximate surface area is 236 Å². The zero-order chi connectivity index (χ0) is 28.9. The van der Waals surface area contributed by atoms with E-state index < -0.39 is 17.9 Å². The predicted octanol–water partition coefficient (Wildman–Crippen LogP) is 6.73. The molecule has 0 fully saturated rings. The van der Waals surface area contributed by atoms with Gasteiger partial charge < -0.3 is 10.4 Å². The Morgan fingerprint density at radius 2 is 1.27 bits per heavy atom. The molecule has 0 bridgehead atoms. The van der Waals surface area contributed by atoms with Gasteiger partial charge in [0, 0.05) is 35.5 Å². The first-order valence-electron chi connectivity index (χ1n) is 13.6. The van der Waals surface area contributed by atoms with E-state index in [2.05, 4.69) is 74.2 Å². The second kappa shape index (κ2) is 12.2. The Morgan fingerprint density at radius 3 is 1.80 bits per heavy atom. The second-order valence-corrected chi connectivity index (χ2v) is 11.7. The number of amides is 1. The van der Waals surface area contributed by atoms with Crippen LogP contribution in [0.3, 0.4) is 0 Å². The van der Waals surface area contributed by atoms with Crippen molar-refractivity contribution in [3.8, 4) is 22.5 Å². The maximum absolute atomic E-state index is 12.7. The molecule has 1 heterocycles. The number of aliphatic carboxylic acids is 1. The minimum atomic E-state index is -1.08. The third kappa shape index (κ3) is 7.41. The van der Waals surface area contributed by atoms with Crippen LogP contribution in [0.25, 0.3) is 22.5 Å². The Morgan fingerprint density at radius 1 is 0.750 bits per heavy atom. The fourth-order valence-electron chi connectivity index (χ4n) is 4.52. The van der Waals surface area contributed by atoms with Crippen LogP contribution in [0.2, 0.25) is 0 Å². The molecular weight excluding hydrogens is 498 g/mol. The smallest absolute Gasteiger partial charge is 0.326 e. The fraction of sp³-hybridized carbons (Fsp3) is 0.294. The molecule has 1 unspecified atom stereocenters. The molecule has 1 atom stereocenters. The Balaban J connectivity index is 1.40. The van der Waals surface area contributed by atoms with Gasteiger partial charge in [0.05, 0.1) is 0 Å². The van der Waals surface area contributed by atoms with Gasteiger partial charge in [-0.25, -0.2) is 14.8 Å². The van der Waals surface area contributed by atoms with Gasteiger partial charge in [-0.15, -0.1) is 0 Å². The highest BCUT2D eigenvalue weighted by Gasteiger charge is 2.21. The molecular formula is C34H37N3O3. The summed E-state index contributed by atoms with van der Waals surface area (Å²) in [5.41, 5.74) is 6.58. The average molecular weight is 536 g/mol. The second-order valence-electron chi connectivity index (χ2n) is 11.7. The number of benzene rings is 3. The summed E-state index contributed by atoms with van der Waals surface area (Å²) >= 11 is 0. The number of carboxylic acids is 1. The molecule has 3 aromatic carbocycles. The van der Waals surface area contributed by atoms with Gasteiger partial charge in [-0.3, -0.25) is 4.79 Å². The van der Waals surface area contributed by atoms with Gasteiger partial charge in [0.1, 0.15) is 6.04 Å². The summed E-state index contributed by atoms with van der Waals surface area (Å²) in [4.78, 5) is 33.7. The van der Waals surface area contributed by atoms with Gasteiger partial charge in [0.25, 0.3) is 5.91 Å². The van der Waals surface area contributed by atoms with Crippen LogP contribution in [0.4, 0.5) is 0 Å². The van der Waals surface area contributed by atoms with E-state index in [9.17, 15) is 14.7 Å². The highest BCUT2D eigenvalue weighted by molar-refractivity contribution is 5.96. The quantitative estimate of drug-likeness (QED) is 0.248. The van der Waals surface area contributed by atoms with Gasteiger partial charge >= 0.3 is 5.97 Å². The molecule has 4 rings (SSSR count). The van der Waals surface area contributed by atoms with Crippen molar-refractivity contribution >= 4 is 11.9 Å². The maximum Gasteiger partial charge on any atom is 0.326 e. The van der Waals surface area contributed by atoms with E-state index >= 15 is 0 Å². The number of rotatable bonds is 9. The topological polar surface area (TPSA) is 92.2 Å². The average Bonchev–Trinajstić information content (AvgIpc) is 2.93. The van der Waals surface area contributed by atoms with Crippen molar-refractivity contribution in [3.63, 3.8) is 0 Å². The molecule has 0 aliphatic heterocycles.